The van der Waals surface area contributed by atoms with Gasteiger partial charge in [-0.1, -0.05) is 58.4 Å². The summed E-state index contributed by atoms with van der Waals surface area (Å²) in [4.78, 5) is 12.0. The van der Waals surface area contributed by atoms with Gasteiger partial charge in [0.1, 0.15) is 0 Å². The van der Waals surface area contributed by atoms with Crippen molar-refractivity contribution < 1.29 is 4.79 Å². The SMILES string of the molecule is O=C(N/N=C/c1cccc(Br)c1)C1CC1c1ccccc1. The number of carbonyl (C=O) groups excluding carboxylic acids is 1. The minimum Gasteiger partial charge on any atom is -0.273 e. The summed E-state index contributed by atoms with van der Waals surface area (Å²) in [6, 6.07) is 17.9. The molecule has 0 bridgehead atoms. The zero-order valence-electron chi connectivity index (χ0n) is 11.4. The molecule has 4 heteroatoms. The minimum absolute atomic E-state index is 0.00454. The Morgan fingerprint density at radius 3 is 2.76 bits per heavy atom. The second-order valence-corrected chi connectivity index (χ2v) is 6.06. The molecule has 1 aliphatic rings. The van der Waals surface area contributed by atoms with Gasteiger partial charge in [-0.2, -0.15) is 5.10 Å². The first kappa shape index (κ1) is 14.0. The zero-order valence-corrected chi connectivity index (χ0v) is 13.0. The molecule has 1 N–H and O–H groups in total. The first-order valence-electron chi connectivity index (χ1n) is 6.87. The van der Waals surface area contributed by atoms with Crippen molar-refractivity contribution in [3.8, 4) is 0 Å². The summed E-state index contributed by atoms with van der Waals surface area (Å²) in [7, 11) is 0. The number of rotatable bonds is 4. The number of halogens is 1. The Morgan fingerprint density at radius 2 is 2.00 bits per heavy atom. The lowest BCUT2D eigenvalue weighted by Crippen LogP contribution is -2.20. The molecule has 2 aromatic rings. The third-order valence-corrected chi connectivity index (χ3v) is 4.09. The number of carbonyl (C=O) groups is 1. The van der Waals surface area contributed by atoms with Gasteiger partial charge in [-0.05, 0) is 35.6 Å². The van der Waals surface area contributed by atoms with Crippen LogP contribution >= 0.6 is 15.9 Å². The molecule has 2 aromatic carbocycles. The first-order valence-corrected chi connectivity index (χ1v) is 7.67. The van der Waals surface area contributed by atoms with E-state index in [1.54, 1.807) is 6.21 Å². The van der Waals surface area contributed by atoms with E-state index in [4.69, 9.17) is 0 Å². The molecule has 1 fully saturated rings. The maximum absolute atomic E-state index is 12.0. The maximum Gasteiger partial charge on any atom is 0.243 e. The second-order valence-electron chi connectivity index (χ2n) is 5.15. The monoisotopic (exact) mass is 342 g/mol. The van der Waals surface area contributed by atoms with Gasteiger partial charge < -0.3 is 0 Å². The predicted molar refractivity (Wildman–Crippen MR) is 87.2 cm³/mol. The molecule has 0 aromatic heterocycles. The highest BCUT2D eigenvalue weighted by Gasteiger charge is 2.43. The molecule has 2 atom stereocenters. The number of benzene rings is 2. The maximum atomic E-state index is 12.0. The molecule has 1 amide bonds. The Balaban J connectivity index is 1.54. The van der Waals surface area contributed by atoms with Crippen LogP contribution < -0.4 is 5.43 Å². The lowest BCUT2D eigenvalue weighted by atomic mass is 10.1. The van der Waals surface area contributed by atoms with E-state index in [-0.39, 0.29) is 11.8 Å². The normalized spacial score (nSPS) is 20.4. The van der Waals surface area contributed by atoms with Crippen molar-refractivity contribution in [2.24, 2.45) is 11.0 Å². The van der Waals surface area contributed by atoms with Crippen molar-refractivity contribution in [1.82, 2.24) is 5.43 Å². The van der Waals surface area contributed by atoms with E-state index < -0.39 is 0 Å². The van der Waals surface area contributed by atoms with Crippen LogP contribution in [0.5, 0.6) is 0 Å². The molecular weight excluding hydrogens is 328 g/mol. The molecule has 21 heavy (non-hydrogen) atoms. The van der Waals surface area contributed by atoms with Crippen LogP contribution in [0.2, 0.25) is 0 Å². The van der Waals surface area contributed by atoms with Crippen molar-refractivity contribution in [3.05, 3.63) is 70.2 Å². The summed E-state index contributed by atoms with van der Waals surface area (Å²) >= 11 is 3.40. The van der Waals surface area contributed by atoms with Crippen LogP contribution in [0.15, 0.2) is 64.2 Å². The molecule has 1 aliphatic carbocycles. The van der Waals surface area contributed by atoms with Gasteiger partial charge in [0.2, 0.25) is 5.91 Å². The number of hydrazone groups is 1. The van der Waals surface area contributed by atoms with Crippen LogP contribution in [0, 0.1) is 5.92 Å². The van der Waals surface area contributed by atoms with E-state index in [1.807, 2.05) is 42.5 Å². The number of nitrogens with one attached hydrogen (secondary N) is 1. The average Bonchev–Trinajstić information content (AvgIpc) is 3.29. The van der Waals surface area contributed by atoms with E-state index >= 15 is 0 Å². The molecule has 3 nitrogen and oxygen atoms in total. The molecule has 2 unspecified atom stereocenters. The number of nitrogens with zero attached hydrogens (tertiary/aromatic N) is 1. The Hall–Kier alpha value is -1.94. The van der Waals surface area contributed by atoms with Gasteiger partial charge in [0, 0.05) is 10.4 Å². The molecular formula is C17H15BrN2O. The smallest absolute Gasteiger partial charge is 0.243 e. The van der Waals surface area contributed by atoms with Crippen LogP contribution in [0.4, 0.5) is 0 Å². The molecule has 0 saturated heterocycles. The van der Waals surface area contributed by atoms with Gasteiger partial charge in [0.25, 0.3) is 0 Å². The van der Waals surface area contributed by atoms with Crippen molar-refractivity contribution >= 4 is 28.1 Å². The van der Waals surface area contributed by atoms with E-state index in [2.05, 4.69) is 38.6 Å². The highest BCUT2D eigenvalue weighted by atomic mass is 79.9. The summed E-state index contributed by atoms with van der Waals surface area (Å²) in [6.07, 6.45) is 2.56. The van der Waals surface area contributed by atoms with E-state index in [0.717, 1.165) is 16.5 Å². The van der Waals surface area contributed by atoms with Crippen LogP contribution in [0.1, 0.15) is 23.5 Å². The Bertz CT molecular complexity index is 670. The molecule has 0 radical (unpaired) electrons. The van der Waals surface area contributed by atoms with Gasteiger partial charge in [0.15, 0.2) is 0 Å². The molecule has 0 aliphatic heterocycles. The number of amides is 1. The fraction of sp³-hybridized carbons (Fsp3) is 0.176. The van der Waals surface area contributed by atoms with Gasteiger partial charge in [0.05, 0.1) is 6.21 Å². The largest absolute Gasteiger partial charge is 0.273 e. The fourth-order valence-electron chi connectivity index (χ4n) is 2.39. The van der Waals surface area contributed by atoms with Crippen LogP contribution in [-0.2, 0) is 4.79 Å². The minimum atomic E-state index is -0.00454. The summed E-state index contributed by atoms with van der Waals surface area (Å²) in [5.41, 5.74) is 4.80. The molecule has 1 saturated carbocycles. The van der Waals surface area contributed by atoms with Crippen molar-refractivity contribution in [3.63, 3.8) is 0 Å². The Morgan fingerprint density at radius 1 is 1.19 bits per heavy atom. The van der Waals surface area contributed by atoms with Crippen molar-refractivity contribution in [1.29, 1.82) is 0 Å². The topological polar surface area (TPSA) is 41.5 Å². The molecule has 3 rings (SSSR count). The van der Waals surface area contributed by atoms with Crippen LogP contribution in [0.25, 0.3) is 0 Å². The Kier molecular flexibility index (Phi) is 4.15. The highest BCUT2D eigenvalue weighted by Crippen LogP contribution is 2.47. The summed E-state index contributed by atoms with van der Waals surface area (Å²) in [5.74, 6) is 0.384. The van der Waals surface area contributed by atoms with Gasteiger partial charge >= 0.3 is 0 Å². The number of hydrogen-bond acceptors (Lipinski definition) is 2. The molecule has 0 spiro atoms. The van der Waals surface area contributed by atoms with E-state index in [1.165, 1.54) is 5.56 Å². The standard InChI is InChI=1S/C17H15BrN2O/c18-14-8-4-5-12(9-14)11-19-20-17(21)16-10-15(16)13-6-2-1-3-7-13/h1-9,11,15-16H,10H2,(H,20,21)/b19-11+. The van der Waals surface area contributed by atoms with Crippen molar-refractivity contribution in [2.45, 2.75) is 12.3 Å². The third-order valence-electron chi connectivity index (χ3n) is 3.59. The van der Waals surface area contributed by atoms with Crippen molar-refractivity contribution in [2.75, 3.05) is 0 Å². The van der Waals surface area contributed by atoms with E-state index in [0.29, 0.717) is 5.92 Å². The first-order chi connectivity index (χ1) is 10.2. The summed E-state index contributed by atoms with van der Waals surface area (Å²) in [6.45, 7) is 0. The third kappa shape index (κ3) is 3.58. The lowest BCUT2D eigenvalue weighted by molar-refractivity contribution is -0.122. The second kappa shape index (κ2) is 6.22. The van der Waals surface area contributed by atoms with Gasteiger partial charge in [-0.25, -0.2) is 5.43 Å². The number of hydrogen-bond donors (Lipinski definition) is 1. The van der Waals surface area contributed by atoms with Gasteiger partial charge in [-0.3, -0.25) is 4.79 Å². The zero-order chi connectivity index (χ0) is 14.7. The highest BCUT2D eigenvalue weighted by molar-refractivity contribution is 9.10. The quantitative estimate of drug-likeness (QED) is 0.667. The predicted octanol–water partition coefficient (Wildman–Crippen LogP) is 3.70. The van der Waals surface area contributed by atoms with Crippen LogP contribution in [-0.4, -0.2) is 12.1 Å². The molecule has 106 valence electrons. The lowest BCUT2D eigenvalue weighted by Gasteiger charge is -2.00. The van der Waals surface area contributed by atoms with Crippen LogP contribution in [0.3, 0.4) is 0 Å². The summed E-state index contributed by atoms with van der Waals surface area (Å²) in [5, 5.41) is 4.03. The Labute approximate surface area is 132 Å². The summed E-state index contributed by atoms with van der Waals surface area (Å²) < 4.78 is 0.990. The fourth-order valence-corrected chi connectivity index (χ4v) is 2.81. The molecule has 0 heterocycles. The van der Waals surface area contributed by atoms with E-state index in [9.17, 15) is 4.79 Å². The van der Waals surface area contributed by atoms with Gasteiger partial charge in [-0.15, -0.1) is 0 Å². The average molecular weight is 343 g/mol.